The van der Waals surface area contributed by atoms with Crippen molar-refractivity contribution < 1.29 is 4.42 Å². The topological polar surface area (TPSA) is 41.3 Å². The fourth-order valence-corrected chi connectivity index (χ4v) is 3.31. The highest BCUT2D eigenvalue weighted by Crippen LogP contribution is 2.39. The van der Waals surface area contributed by atoms with Crippen LogP contribution in [0.3, 0.4) is 0 Å². The first-order valence-electron chi connectivity index (χ1n) is 7.27. The quantitative estimate of drug-likeness (QED) is 0.814. The lowest BCUT2D eigenvalue weighted by molar-refractivity contribution is 0.494. The molecule has 2 atom stereocenters. The van der Waals surface area contributed by atoms with E-state index < -0.39 is 0 Å². The SMILES string of the molecule is CCCNCc1coc(N2CC3CCCC3C2)n1. The number of nitrogens with zero attached hydrogens (tertiary/aromatic N) is 2. The normalized spacial score (nSPS) is 26.8. The van der Waals surface area contributed by atoms with Gasteiger partial charge >= 0.3 is 0 Å². The second-order valence-electron chi connectivity index (χ2n) is 5.65. The zero-order chi connectivity index (χ0) is 12.4. The summed E-state index contributed by atoms with van der Waals surface area (Å²) in [5, 5.41) is 3.35. The monoisotopic (exact) mass is 249 g/mol. The van der Waals surface area contributed by atoms with Gasteiger partial charge in [0, 0.05) is 19.6 Å². The average molecular weight is 249 g/mol. The first-order chi connectivity index (χ1) is 8.86. The molecule has 1 aliphatic carbocycles. The molecule has 4 nitrogen and oxygen atoms in total. The maximum absolute atomic E-state index is 5.62. The van der Waals surface area contributed by atoms with Gasteiger partial charge < -0.3 is 14.6 Å². The highest BCUT2D eigenvalue weighted by Gasteiger charge is 2.37. The van der Waals surface area contributed by atoms with Gasteiger partial charge in [0.1, 0.15) is 6.26 Å². The predicted octanol–water partition coefficient (Wildman–Crippen LogP) is 2.41. The van der Waals surface area contributed by atoms with Crippen molar-refractivity contribution in [2.24, 2.45) is 11.8 Å². The van der Waals surface area contributed by atoms with E-state index in [4.69, 9.17) is 4.42 Å². The Morgan fingerprint density at radius 3 is 2.89 bits per heavy atom. The third kappa shape index (κ3) is 2.39. The summed E-state index contributed by atoms with van der Waals surface area (Å²) in [4.78, 5) is 6.92. The fraction of sp³-hybridized carbons (Fsp3) is 0.786. The number of anilines is 1. The summed E-state index contributed by atoms with van der Waals surface area (Å²) >= 11 is 0. The van der Waals surface area contributed by atoms with E-state index in [2.05, 4.69) is 22.1 Å². The minimum atomic E-state index is 0.817. The number of aromatic nitrogens is 1. The molecule has 0 bridgehead atoms. The lowest BCUT2D eigenvalue weighted by atomic mass is 10.0. The van der Waals surface area contributed by atoms with E-state index in [0.29, 0.717) is 0 Å². The molecule has 18 heavy (non-hydrogen) atoms. The molecule has 1 saturated carbocycles. The van der Waals surface area contributed by atoms with Crippen LogP contribution in [-0.2, 0) is 6.54 Å². The first-order valence-corrected chi connectivity index (χ1v) is 7.27. The summed E-state index contributed by atoms with van der Waals surface area (Å²) in [6, 6.07) is 0.831. The van der Waals surface area contributed by atoms with Crippen molar-refractivity contribution in [1.82, 2.24) is 10.3 Å². The van der Waals surface area contributed by atoms with Gasteiger partial charge in [0.15, 0.2) is 0 Å². The molecule has 1 aromatic heterocycles. The molecule has 0 aromatic carbocycles. The van der Waals surface area contributed by atoms with Gasteiger partial charge in [-0.1, -0.05) is 13.3 Å². The molecular weight excluding hydrogens is 226 g/mol. The van der Waals surface area contributed by atoms with Crippen molar-refractivity contribution in [2.45, 2.75) is 39.2 Å². The minimum Gasteiger partial charge on any atom is -0.432 e. The fourth-order valence-electron chi connectivity index (χ4n) is 3.31. The van der Waals surface area contributed by atoms with Crippen LogP contribution >= 0.6 is 0 Å². The van der Waals surface area contributed by atoms with E-state index in [1.54, 1.807) is 6.26 Å². The van der Waals surface area contributed by atoms with Crippen molar-refractivity contribution in [3.8, 4) is 0 Å². The Morgan fingerprint density at radius 2 is 2.17 bits per heavy atom. The molecule has 1 N–H and O–H groups in total. The Kier molecular flexibility index (Phi) is 3.55. The van der Waals surface area contributed by atoms with Gasteiger partial charge in [0.05, 0.1) is 5.69 Å². The van der Waals surface area contributed by atoms with E-state index in [9.17, 15) is 0 Å². The molecule has 2 unspecified atom stereocenters. The number of oxazole rings is 1. The van der Waals surface area contributed by atoms with E-state index in [1.807, 2.05) is 0 Å². The third-order valence-electron chi connectivity index (χ3n) is 4.27. The molecule has 3 rings (SSSR count). The summed E-state index contributed by atoms with van der Waals surface area (Å²) in [6.45, 7) is 6.32. The van der Waals surface area contributed by atoms with E-state index >= 15 is 0 Å². The van der Waals surface area contributed by atoms with Crippen molar-refractivity contribution in [3.63, 3.8) is 0 Å². The lowest BCUT2D eigenvalue weighted by Gasteiger charge is -2.13. The van der Waals surface area contributed by atoms with Crippen LogP contribution in [0.25, 0.3) is 0 Å². The molecule has 2 aliphatic rings. The molecule has 4 heteroatoms. The van der Waals surface area contributed by atoms with Gasteiger partial charge in [-0.3, -0.25) is 0 Å². The van der Waals surface area contributed by atoms with Crippen molar-refractivity contribution in [2.75, 3.05) is 24.5 Å². The van der Waals surface area contributed by atoms with Gasteiger partial charge in [0.25, 0.3) is 6.01 Å². The minimum absolute atomic E-state index is 0.817. The lowest BCUT2D eigenvalue weighted by Crippen LogP contribution is -2.21. The van der Waals surface area contributed by atoms with Gasteiger partial charge in [-0.05, 0) is 37.6 Å². The summed E-state index contributed by atoms with van der Waals surface area (Å²) < 4.78 is 5.62. The summed E-state index contributed by atoms with van der Waals surface area (Å²) in [5.74, 6) is 1.78. The Morgan fingerprint density at radius 1 is 1.39 bits per heavy atom. The first kappa shape index (κ1) is 12.0. The van der Waals surface area contributed by atoms with E-state index in [-0.39, 0.29) is 0 Å². The second kappa shape index (κ2) is 5.31. The second-order valence-corrected chi connectivity index (χ2v) is 5.65. The van der Waals surface area contributed by atoms with Gasteiger partial charge in [-0.2, -0.15) is 4.98 Å². The van der Waals surface area contributed by atoms with E-state index in [1.165, 1.54) is 19.3 Å². The molecule has 2 heterocycles. The predicted molar refractivity (Wildman–Crippen MR) is 71.5 cm³/mol. The molecule has 0 radical (unpaired) electrons. The van der Waals surface area contributed by atoms with Crippen LogP contribution < -0.4 is 10.2 Å². The summed E-state index contributed by atoms with van der Waals surface area (Å²) in [6.07, 6.45) is 7.16. The van der Waals surface area contributed by atoms with Crippen LogP contribution in [0.15, 0.2) is 10.7 Å². The Labute approximate surface area is 109 Å². The molecule has 1 aromatic rings. The number of rotatable bonds is 5. The summed E-state index contributed by atoms with van der Waals surface area (Å²) in [7, 11) is 0. The van der Waals surface area contributed by atoms with Gasteiger partial charge in [0.2, 0.25) is 0 Å². The van der Waals surface area contributed by atoms with E-state index in [0.717, 1.165) is 56.1 Å². The van der Waals surface area contributed by atoms with Crippen molar-refractivity contribution in [1.29, 1.82) is 0 Å². The van der Waals surface area contributed by atoms with Crippen LogP contribution in [0.5, 0.6) is 0 Å². The Bertz CT molecular complexity index is 378. The maximum atomic E-state index is 5.62. The number of hydrogen-bond acceptors (Lipinski definition) is 4. The standard InChI is InChI=1S/C14H23N3O/c1-2-6-15-7-13-10-18-14(16-13)17-8-11-4-3-5-12(11)9-17/h10-12,15H,2-9H2,1H3. The largest absolute Gasteiger partial charge is 0.432 e. The Balaban J connectivity index is 1.57. The molecule has 1 saturated heterocycles. The van der Waals surface area contributed by atoms with Crippen molar-refractivity contribution in [3.05, 3.63) is 12.0 Å². The van der Waals surface area contributed by atoms with Crippen molar-refractivity contribution >= 4 is 6.01 Å². The van der Waals surface area contributed by atoms with Crippen LogP contribution in [0.4, 0.5) is 6.01 Å². The average Bonchev–Trinajstić information content (AvgIpc) is 3.02. The molecule has 2 fully saturated rings. The number of hydrogen-bond donors (Lipinski definition) is 1. The van der Waals surface area contributed by atoms with Crippen LogP contribution in [0.2, 0.25) is 0 Å². The molecule has 1 aliphatic heterocycles. The van der Waals surface area contributed by atoms with Gasteiger partial charge in [-0.25, -0.2) is 0 Å². The molecule has 100 valence electrons. The van der Waals surface area contributed by atoms with Gasteiger partial charge in [-0.15, -0.1) is 0 Å². The zero-order valence-corrected chi connectivity index (χ0v) is 11.2. The zero-order valence-electron chi connectivity index (χ0n) is 11.2. The molecular formula is C14H23N3O. The molecule has 0 amide bonds. The number of fused-ring (bicyclic) bond motifs is 1. The molecule has 0 spiro atoms. The smallest absolute Gasteiger partial charge is 0.297 e. The summed E-state index contributed by atoms with van der Waals surface area (Å²) in [5.41, 5.74) is 1.02. The highest BCUT2D eigenvalue weighted by molar-refractivity contribution is 5.30. The highest BCUT2D eigenvalue weighted by atomic mass is 16.4. The maximum Gasteiger partial charge on any atom is 0.297 e. The number of nitrogens with one attached hydrogen (secondary N) is 1. The van der Waals surface area contributed by atoms with Crippen LogP contribution in [-0.4, -0.2) is 24.6 Å². The van der Waals surface area contributed by atoms with Crippen LogP contribution in [0.1, 0.15) is 38.3 Å². The third-order valence-corrected chi connectivity index (χ3v) is 4.27. The van der Waals surface area contributed by atoms with Crippen LogP contribution in [0, 0.1) is 11.8 Å². The Hall–Kier alpha value is -1.03.